The number of carbonyl (C=O) groups excluding carboxylic acids is 1. The van der Waals surface area contributed by atoms with E-state index >= 15 is 0 Å². The molecule has 122 valence electrons. The Morgan fingerprint density at radius 3 is 2.04 bits per heavy atom. The summed E-state index contributed by atoms with van der Waals surface area (Å²) in [5, 5.41) is 0. The number of rotatable bonds is 1. The zero-order valence-corrected chi connectivity index (χ0v) is 13.9. The Morgan fingerprint density at radius 2 is 1.57 bits per heavy atom. The standard InChI is InChI=1S/C8H10.C7H7N5O.C2H6/c1-7-3-5-8(2)6-4-7;8-5-7-10-1-2-12(7)4(3-11-5)6(9)13;1-2/h3-6H,1-2H3;1-3H,(H2,8,11)(H2,9,13);1-2H3. The smallest absolute Gasteiger partial charge is 0.267 e. The van der Waals surface area contributed by atoms with Crippen LogP contribution in [-0.2, 0) is 0 Å². The number of carbonyl (C=O) groups is 1. The third kappa shape index (κ3) is 4.81. The first-order chi connectivity index (χ1) is 11.0. The van der Waals surface area contributed by atoms with Gasteiger partial charge in [0.25, 0.3) is 5.91 Å². The lowest BCUT2D eigenvalue weighted by Crippen LogP contribution is -2.16. The van der Waals surface area contributed by atoms with E-state index in [2.05, 4.69) is 48.1 Å². The Morgan fingerprint density at radius 1 is 1.04 bits per heavy atom. The maximum absolute atomic E-state index is 10.9. The van der Waals surface area contributed by atoms with E-state index in [4.69, 9.17) is 11.5 Å². The van der Waals surface area contributed by atoms with Crippen LogP contribution in [0.3, 0.4) is 0 Å². The molecule has 0 aliphatic carbocycles. The lowest BCUT2D eigenvalue weighted by Gasteiger charge is -2.01. The molecule has 2 aromatic heterocycles. The van der Waals surface area contributed by atoms with E-state index in [1.54, 1.807) is 6.20 Å². The van der Waals surface area contributed by atoms with E-state index in [9.17, 15) is 4.79 Å². The molecule has 0 spiro atoms. The van der Waals surface area contributed by atoms with E-state index < -0.39 is 5.91 Å². The average molecular weight is 313 g/mol. The molecule has 0 saturated heterocycles. The van der Waals surface area contributed by atoms with Gasteiger partial charge in [0.05, 0.1) is 6.20 Å². The monoisotopic (exact) mass is 313 g/mol. The molecule has 0 bridgehead atoms. The fourth-order valence-corrected chi connectivity index (χ4v) is 1.76. The van der Waals surface area contributed by atoms with Crippen LogP contribution in [0, 0.1) is 13.8 Å². The summed E-state index contributed by atoms with van der Waals surface area (Å²) in [5.74, 6) is -0.287. The first kappa shape index (κ1) is 18.2. The van der Waals surface area contributed by atoms with Gasteiger partial charge in [-0.3, -0.25) is 9.20 Å². The zero-order chi connectivity index (χ0) is 17.4. The molecule has 4 N–H and O–H groups in total. The molecule has 0 aliphatic heterocycles. The van der Waals surface area contributed by atoms with Crippen molar-refractivity contribution >= 4 is 17.4 Å². The quantitative estimate of drug-likeness (QED) is 0.721. The Balaban J connectivity index is 0.000000228. The first-order valence-electron chi connectivity index (χ1n) is 7.39. The molecule has 1 amide bonds. The first-order valence-corrected chi connectivity index (χ1v) is 7.39. The molecule has 3 rings (SSSR count). The highest BCUT2D eigenvalue weighted by Crippen LogP contribution is 2.09. The van der Waals surface area contributed by atoms with Gasteiger partial charge >= 0.3 is 0 Å². The van der Waals surface area contributed by atoms with Gasteiger partial charge in [0.1, 0.15) is 5.69 Å². The second-order valence-electron chi connectivity index (χ2n) is 4.67. The van der Waals surface area contributed by atoms with Crippen LogP contribution in [0.25, 0.3) is 5.65 Å². The molecular weight excluding hydrogens is 290 g/mol. The SMILES string of the molecule is CC.Cc1ccc(C)cc1.NC(=O)c1cnc(N)c2nccn12. The number of imidazole rings is 1. The molecule has 6 heteroatoms. The minimum absolute atomic E-state index is 0.265. The fraction of sp³-hybridized carbons (Fsp3) is 0.235. The highest BCUT2D eigenvalue weighted by Gasteiger charge is 2.09. The van der Waals surface area contributed by atoms with Gasteiger partial charge in [0, 0.05) is 12.4 Å². The van der Waals surface area contributed by atoms with Crippen molar-refractivity contribution < 1.29 is 4.79 Å². The summed E-state index contributed by atoms with van der Waals surface area (Å²) in [4.78, 5) is 18.6. The van der Waals surface area contributed by atoms with Crippen molar-refractivity contribution in [2.24, 2.45) is 5.73 Å². The number of hydrogen-bond donors (Lipinski definition) is 2. The third-order valence-corrected chi connectivity index (χ3v) is 2.93. The number of nitrogens with two attached hydrogens (primary N) is 2. The van der Waals surface area contributed by atoms with E-state index in [1.165, 1.54) is 27.9 Å². The van der Waals surface area contributed by atoms with E-state index in [0.717, 1.165) is 0 Å². The van der Waals surface area contributed by atoms with Crippen LogP contribution in [0.15, 0.2) is 42.9 Å². The van der Waals surface area contributed by atoms with Crippen LogP contribution in [0.5, 0.6) is 0 Å². The van der Waals surface area contributed by atoms with Gasteiger partial charge in [-0.1, -0.05) is 49.2 Å². The predicted molar refractivity (Wildman–Crippen MR) is 93.2 cm³/mol. The number of aryl methyl sites for hydroxylation is 2. The molecule has 23 heavy (non-hydrogen) atoms. The van der Waals surface area contributed by atoms with Crippen LogP contribution in [0.1, 0.15) is 35.5 Å². The molecular formula is C17H23N5O. The number of anilines is 1. The molecule has 0 unspecified atom stereocenters. The summed E-state index contributed by atoms with van der Waals surface area (Å²) in [6.45, 7) is 8.19. The number of benzene rings is 1. The minimum Gasteiger partial charge on any atom is -0.381 e. The molecule has 6 nitrogen and oxygen atoms in total. The van der Waals surface area contributed by atoms with Crippen molar-refractivity contribution in [2.45, 2.75) is 27.7 Å². The van der Waals surface area contributed by atoms with Gasteiger partial charge in [-0.15, -0.1) is 0 Å². The van der Waals surface area contributed by atoms with Gasteiger partial charge < -0.3 is 11.5 Å². The van der Waals surface area contributed by atoms with Gasteiger partial charge in [-0.05, 0) is 13.8 Å². The Hall–Kier alpha value is -2.89. The zero-order valence-electron chi connectivity index (χ0n) is 13.9. The average Bonchev–Trinajstić information content (AvgIpc) is 3.03. The van der Waals surface area contributed by atoms with Crippen molar-refractivity contribution in [3.63, 3.8) is 0 Å². The lowest BCUT2D eigenvalue weighted by molar-refractivity contribution is 0.0994. The molecule has 0 fully saturated rings. The summed E-state index contributed by atoms with van der Waals surface area (Å²) in [6, 6.07) is 8.48. The van der Waals surface area contributed by atoms with Crippen LogP contribution in [0.4, 0.5) is 5.82 Å². The summed E-state index contributed by atoms with van der Waals surface area (Å²) in [7, 11) is 0. The van der Waals surface area contributed by atoms with E-state index in [0.29, 0.717) is 5.65 Å². The van der Waals surface area contributed by atoms with Gasteiger partial charge in [0.15, 0.2) is 11.5 Å². The maximum Gasteiger partial charge on any atom is 0.267 e. The predicted octanol–water partition coefficient (Wildman–Crippen LogP) is 2.74. The topological polar surface area (TPSA) is 99.3 Å². The fourth-order valence-electron chi connectivity index (χ4n) is 1.76. The van der Waals surface area contributed by atoms with Gasteiger partial charge in [-0.2, -0.15) is 0 Å². The normalized spacial score (nSPS) is 9.39. The third-order valence-electron chi connectivity index (χ3n) is 2.93. The minimum atomic E-state index is -0.560. The highest BCUT2D eigenvalue weighted by molar-refractivity contribution is 5.92. The molecule has 0 aliphatic rings. The molecule has 1 aromatic carbocycles. The van der Waals surface area contributed by atoms with Crippen molar-refractivity contribution in [2.75, 3.05) is 5.73 Å². The second-order valence-corrected chi connectivity index (χ2v) is 4.67. The van der Waals surface area contributed by atoms with Crippen LogP contribution < -0.4 is 11.5 Å². The number of nitrogens with zero attached hydrogens (tertiary/aromatic N) is 3. The number of primary amides is 1. The van der Waals surface area contributed by atoms with Gasteiger partial charge in [0.2, 0.25) is 0 Å². The molecule has 2 heterocycles. The Bertz CT molecular complexity index is 741. The number of hydrogen-bond acceptors (Lipinski definition) is 4. The summed E-state index contributed by atoms with van der Waals surface area (Å²) in [6.07, 6.45) is 4.46. The Labute approximate surface area is 136 Å². The van der Waals surface area contributed by atoms with Crippen molar-refractivity contribution in [1.29, 1.82) is 0 Å². The van der Waals surface area contributed by atoms with Crippen LogP contribution >= 0.6 is 0 Å². The summed E-state index contributed by atoms with van der Waals surface area (Å²) < 4.78 is 1.50. The number of fused-ring (bicyclic) bond motifs is 1. The highest BCUT2D eigenvalue weighted by atomic mass is 16.1. The summed E-state index contributed by atoms with van der Waals surface area (Å²) >= 11 is 0. The number of aromatic nitrogens is 3. The van der Waals surface area contributed by atoms with Crippen LogP contribution in [-0.4, -0.2) is 20.3 Å². The van der Waals surface area contributed by atoms with Crippen LogP contribution in [0.2, 0.25) is 0 Å². The second kappa shape index (κ2) is 8.53. The number of amides is 1. The maximum atomic E-state index is 10.9. The summed E-state index contributed by atoms with van der Waals surface area (Å²) in [5.41, 5.74) is 14.0. The molecule has 0 atom stereocenters. The van der Waals surface area contributed by atoms with Crippen molar-refractivity contribution in [1.82, 2.24) is 14.4 Å². The number of nitrogen functional groups attached to an aromatic ring is 1. The van der Waals surface area contributed by atoms with Crippen molar-refractivity contribution in [3.05, 3.63) is 59.7 Å². The molecule has 3 aromatic rings. The van der Waals surface area contributed by atoms with E-state index in [1.807, 2.05) is 13.8 Å². The van der Waals surface area contributed by atoms with E-state index in [-0.39, 0.29) is 11.5 Å². The molecule has 0 saturated carbocycles. The van der Waals surface area contributed by atoms with Gasteiger partial charge in [-0.25, -0.2) is 9.97 Å². The Kier molecular flexibility index (Phi) is 6.73. The largest absolute Gasteiger partial charge is 0.381 e. The molecule has 0 radical (unpaired) electrons. The van der Waals surface area contributed by atoms with Crippen molar-refractivity contribution in [3.8, 4) is 0 Å². The lowest BCUT2D eigenvalue weighted by atomic mass is 10.2.